The highest BCUT2D eigenvalue weighted by Gasteiger charge is 2.28. The first-order valence-electron chi connectivity index (χ1n) is 5.09. The molecule has 1 aliphatic heterocycles. The van der Waals surface area contributed by atoms with Crippen molar-refractivity contribution in [1.29, 1.82) is 0 Å². The molecule has 0 spiro atoms. The van der Waals surface area contributed by atoms with E-state index in [0.29, 0.717) is 13.7 Å². The van der Waals surface area contributed by atoms with Crippen molar-refractivity contribution in [3.05, 3.63) is 38.0 Å². The van der Waals surface area contributed by atoms with E-state index in [1.54, 1.807) is 0 Å². The minimum absolute atomic E-state index is 0.665. The number of allylic oxidation sites excluding steroid dienone is 3. The number of hydrogen-bond donors (Lipinski definition) is 0. The van der Waals surface area contributed by atoms with Crippen molar-refractivity contribution >= 4 is 35.3 Å². The number of rotatable bonds is 6. The van der Waals surface area contributed by atoms with Crippen molar-refractivity contribution in [2.45, 2.75) is 33.0 Å². The Bertz CT molecular complexity index is 181. The molecule has 0 aromatic rings. The van der Waals surface area contributed by atoms with Crippen molar-refractivity contribution in [3.8, 4) is 0 Å². The highest BCUT2D eigenvalue weighted by Crippen LogP contribution is 2.50. The Labute approximate surface area is 106 Å². The van der Waals surface area contributed by atoms with E-state index in [1.165, 1.54) is 0 Å². The van der Waals surface area contributed by atoms with Gasteiger partial charge in [-0.15, -0.1) is 55.0 Å². The molecule has 0 saturated carbocycles. The molecule has 0 nitrogen and oxygen atoms in total. The lowest BCUT2D eigenvalue weighted by Gasteiger charge is -2.32. The molecule has 1 aliphatic rings. The first-order chi connectivity index (χ1) is 7.30. The van der Waals surface area contributed by atoms with Crippen LogP contribution in [0.5, 0.6) is 0 Å². The fourth-order valence-electron chi connectivity index (χ4n) is 1.35. The molecule has 1 rings (SSSR count). The Morgan fingerprint density at radius 2 is 0.933 bits per heavy atom. The predicted molar refractivity (Wildman–Crippen MR) is 78.6 cm³/mol. The minimum atomic E-state index is 0.665. The van der Waals surface area contributed by atoms with E-state index in [1.807, 2.05) is 18.2 Å². The maximum Gasteiger partial charge on any atom is 0.0559 e. The van der Waals surface area contributed by atoms with E-state index in [4.69, 9.17) is 0 Å². The van der Waals surface area contributed by atoms with Gasteiger partial charge in [-0.25, -0.2) is 0 Å². The third kappa shape index (κ3) is 4.75. The van der Waals surface area contributed by atoms with Crippen molar-refractivity contribution in [2.24, 2.45) is 0 Å². The van der Waals surface area contributed by atoms with Crippen LogP contribution in [-0.2, 0) is 0 Å². The number of thioether (sulfide) groups is 3. The van der Waals surface area contributed by atoms with Gasteiger partial charge in [-0.2, -0.15) is 0 Å². The van der Waals surface area contributed by atoms with E-state index in [-0.39, 0.29) is 0 Å². The zero-order chi connectivity index (χ0) is 11.1. The normalized spacial score (nSPS) is 30.8. The smallest absolute Gasteiger partial charge is 0.0559 e. The van der Waals surface area contributed by atoms with Crippen molar-refractivity contribution in [1.82, 2.24) is 0 Å². The fourth-order valence-corrected chi connectivity index (χ4v) is 7.66. The van der Waals surface area contributed by atoms with Crippen LogP contribution in [0.4, 0.5) is 0 Å². The van der Waals surface area contributed by atoms with Crippen LogP contribution in [0.3, 0.4) is 0 Å². The van der Waals surface area contributed by atoms with E-state index in [0.717, 1.165) is 19.3 Å². The monoisotopic (exact) mass is 258 g/mol. The maximum atomic E-state index is 3.82. The molecular weight excluding hydrogens is 240 g/mol. The van der Waals surface area contributed by atoms with Crippen molar-refractivity contribution in [3.63, 3.8) is 0 Å². The molecule has 1 heterocycles. The molecule has 1 saturated heterocycles. The zero-order valence-electron chi connectivity index (χ0n) is 8.93. The second-order valence-corrected chi connectivity index (χ2v) is 8.40. The van der Waals surface area contributed by atoms with Crippen LogP contribution in [0.2, 0.25) is 0 Å². The molecule has 0 N–H and O–H groups in total. The Balaban J connectivity index is 2.50. The first-order valence-corrected chi connectivity index (χ1v) is 7.92. The summed E-state index contributed by atoms with van der Waals surface area (Å²) in [7, 11) is 0. The van der Waals surface area contributed by atoms with Gasteiger partial charge in [-0.3, -0.25) is 0 Å². The molecule has 84 valence electrons. The molecule has 0 amide bonds. The van der Waals surface area contributed by atoms with Crippen LogP contribution >= 0.6 is 35.3 Å². The molecule has 1 fully saturated rings. The molecule has 0 bridgehead atoms. The summed E-state index contributed by atoms with van der Waals surface area (Å²) in [5.74, 6) is 0. The van der Waals surface area contributed by atoms with Gasteiger partial charge in [0.1, 0.15) is 0 Å². The Hall–Kier alpha value is 0.270. The lowest BCUT2D eigenvalue weighted by Crippen LogP contribution is -2.17. The molecule has 3 heteroatoms. The van der Waals surface area contributed by atoms with E-state index in [9.17, 15) is 0 Å². The lowest BCUT2D eigenvalue weighted by atomic mass is 10.5. The summed E-state index contributed by atoms with van der Waals surface area (Å²) in [6, 6.07) is 0. The molecule has 0 radical (unpaired) electrons. The van der Waals surface area contributed by atoms with Gasteiger partial charge in [0.05, 0.1) is 13.7 Å². The lowest BCUT2D eigenvalue weighted by molar-refractivity contribution is 1.09. The van der Waals surface area contributed by atoms with Crippen LogP contribution in [0.25, 0.3) is 0 Å². The second-order valence-electron chi connectivity index (χ2n) is 3.27. The molecule has 0 aromatic carbocycles. The van der Waals surface area contributed by atoms with Gasteiger partial charge >= 0.3 is 0 Å². The summed E-state index contributed by atoms with van der Waals surface area (Å²) in [5.41, 5.74) is 0. The predicted octanol–water partition coefficient (Wildman–Crippen LogP) is 4.91. The van der Waals surface area contributed by atoms with E-state index >= 15 is 0 Å². The largest absolute Gasteiger partial charge is 0.133 e. The van der Waals surface area contributed by atoms with Gasteiger partial charge in [0.25, 0.3) is 0 Å². The number of hydrogen-bond acceptors (Lipinski definition) is 3. The Morgan fingerprint density at radius 1 is 0.667 bits per heavy atom. The Kier molecular flexibility index (Phi) is 6.69. The zero-order valence-corrected chi connectivity index (χ0v) is 11.4. The van der Waals surface area contributed by atoms with Gasteiger partial charge < -0.3 is 0 Å². The molecule has 0 aromatic heterocycles. The molecule has 0 aliphatic carbocycles. The summed E-state index contributed by atoms with van der Waals surface area (Å²) in [6.45, 7) is 11.5. The maximum absolute atomic E-state index is 3.82. The van der Waals surface area contributed by atoms with Crippen LogP contribution in [0.1, 0.15) is 19.3 Å². The van der Waals surface area contributed by atoms with Crippen LogP contribution < -0.4 is 0 Å². The quantitative estimate of drug-likeness (QED) is 0.622. The van der Waals surface area contributed by atoms with Crippen LogP contribution in [-0.4, -0.2) is 13.7 Å². The van der Waals surface area contributed by atoms with Gasteiger partial charge in [0.15, 0.2) is 0 Å². The van der Waals surface area contributed by atoms with Crippen LogP contribution in [0, 0.1) is 0 Å². The second kappa shape index (κ2) is 7.53. The standard InChI is InChI=1S/C12H18S3/c1-4-7-10-13-11(8-5-2)15-12(14-10)9-6-3/h4-6,10-12H,1-3,7-9H2. The third-order valence-electron chi connectivity index (χ3n) is 1.99. The minimum Gasteiger partial charge on any atom is -0.133 e. The molecular formula is C12H18S3. The third-order valence-corrected chi connectivity index (χ3v) is 6.96. The Morgan fingerprint density at radius 3 is 1.13 bits per heavy atom. The summed E-state index contributed by atoms with van der Waals surface area (Å²) in [4.78, 5) is 0. The summed E-state index contributed by atoms with van der Waals surface area (Å²) >= 11 is 6.18. The summed E-state index contributed by atoms with van der Waals surface area (Å²) in [5, 5.41) is 0. The van der Waals surface area contributed by atoms with E-state index in [2.05, 4.69) is 55.0 Å². The van der Waals surface area contributed by atoms with Crippen LogP contribution in [0.15, 0.2) is 38.0 Å². The van der Waals surface area contributed by atoms with Crippen molar-refractivity contribution < 1.29 is 0 Å². The van der Waals surface area contributed by atoms with E-state index < -0.39 is 0 Å². The molecule has 0 atom stereocenters. The van der Waals surface area contributed by atoms with Gasteiger partial charge in [0.2, 0.25) is 0 Å². The average Bonchev–Trinajstić information content (AvgIpc) is 2.19. The van der Waals surface area contributed by atoms with Crippen molar-refractivity contribution in [2.75, 3.05) is 0 Å². The van der Waals surface area contributed by atoms with Gasteiger partial charge in [-0.05, 0) is 19.3 Å². The topological polar surface area (TPSA) is 0 Å². The molecule has 15 heavy (non-hydrogen) atoms. The SMILES string of the molecule is C=CCC1SC(CC=C)SC(CC=C)S1. The first kappa shape index (κ1) is 13.3. The highest BCUT2D eigenvalue weighted by molar-refractivity contribution is 8.33. The highest BCUT2D eigenvalue weighted by atomic mass is 32.3. The van der Waals surface area contributed by atoms with Gasteiger partial charge in [-0.1, -0.05) is 18.2 Å². The summed E-state index contributed by atoms with van der Waals surface area (Å²) < 4.78 is 2.00. The summed E-state index contributed by atoms with van der Waals surface area (Å²) in [6.07, 6.45) is 9.36. The fraction of sp³-hybridized carbons (Fsp3) is 0.500. The molecule has 0 unspecified atom stereocenters. The average molecular weight is 258 g/mol. The van der Waals surface area contributed by atoms with Gasteiger partial charge in [0, 0.05) is 0 Å².